The molecule has 2 aromatic heterocycles. The van der Waals surface area contributed by atoms with Gasteiger partial charge in [0.25, 0.3) is 0 Å². The van der Waals surface area contributed by atoms with Gasteiger partial charge in [0, 0.05) is 42.3 Å². The molecule has 12 rings (SSSR count). The Hall–Kier alpha value is -6.94. The summed E-state index contributed by atoms with van der Waals surface area (Å²) in [4.78, 5) is 11.0. The van der Waals surface area contributed by atoms with Gasteiger partial charge in [-0.25, -0.2) is 9.97 Å². The molecule has 59 heavy (non-hydrogen) atoms. The fourth-order valence-corrected chi connectivity index (χ4v) is 11.4. The minimum Gasteiger partial charge on any atom is -0.228 e. The van der Waals surface area contributed by atoms with Crippen LogP contribution in [0.2, 0.25) is 0 Å². The van der Waals surface area contributed by atoms with Crippen LogP contribution in [0, 0.1) is 0 Å². The fourth-order valence-electron chi connectivity index (χ4n) is 10.3. The van der Waals surface area contributed by atoms with Crippen molar-refractivity contribution in [2.75, 3.05) is 0 Å². The van der Waals surface area contributed by atoms with E-state index >= 15 is 0 Å². The largest absolute Gasteiger partial charge is 0.228 e. The molecule has 0 atom stereocenters. The Labute approximate surface area is 348 Å². The van der Waals surface area contributed by atoms with Crippen molar-refractivity contribution in [3.05, 3.63) is 228 Å². The highest BCUT2D eigenvalue weighted by Crippen LogP contribution is 2.57. The molecule has 3 heteroatoms. The Morgan fingerprint density at radius 3 is 1.69 bits per heavy atom. The third-order valence-electron chi connectivity index (χ3n) is 13.0. The molecule has 2 aliphatic carbocycles. The highest BCUT2D eigenvalue weighted by Gasteiger charge is 2.46. The van der Waals surface area contributed by atoms with Crippen molar-refractivity contribution < 1.29 is 0 Å². The highest BCUT2D eigenvalue weighted by molar-refractivity contribution is 7.25. The SMILES string of the molecule is CC1(C)c2ccccc2-c2ccc(-c3nc(-c4ccc5c(c4)C(c4ccccc4)(c4ccccc4)c4ccccc4-5)cc(-c4cccc5sc6ccccc6c45)n3)cc21. The van der Waals surface area contributed by atoms with Gasteiger partial charge in [-0.1, -0.05) is 178 Å². The monoisotopic (exact) mass is 770 g/mol. The van der Waals surface area contributed by atoms with Crippen LogP contribution >= 0.6 is 11.3 Å². The minimum absolute atomic E-state index is 0.142. The van der Waals surface area contributed by atoms with Crippen LogP contribution in [0.1, 0.15) is 47.2 Å². The predicted octanol–water partition coefficient (Wildman–Crippen LogP) is 14.5. The van der Waals surface area contributed by atoms with E-state index in [4.69, 9.17) is 9.97 Å². The van der Waals surface area contributed by atoms with E-state index in [-0.39, 0.29) is 5.41 Å². The second kappa shape index (κ2) is 12.8. The molecule has 8 aromatic carbocycles. The molecule has 2 nitrogen and oxygen atoms in total. The van der Waals surface area contributed by atoms with Crippen molar-refractivity contribution in [1.82, 2.24) is 9.97 Å². The van der Waals surface area contributed by atoms with Crippen LogP contribution in [0.15, 0.2) is 194 Å². The summed E-state index contributed by atoms with van der Waals surface area (Å²) in [6, 6.07) is 71.2. The van der Waals surface area contributed by atoms with Crippen LogP contribution in [0.4, 0.5) is 0 Å². The van der Waals surface area contributed by atoms with E-state index in [1.807, 2.05) is 11.3 Å². The molecule has 0 fully saturated rings. The number of hydrogen-bond donors (Lipinski definition) is 0. The zero-order valence-corrected chi connectivity index (χ0v) is 33.6. The van der Waals surface area contributed by atoms with Gasteiger partial charge in [0.05, 0.1) is 16.8 Å². The van der Waals surface area contributed by atoms with Gasteiger partial charge in [-0.3, -0.25) is 0 Å². The molecule has 10 aromatic rings. The predicted molar refractivity (Wildman–Crippen MR) is 246 cm³/mol. The van der Waals surface area contributed by atoms with E-state index < -0.39 is 5.41 Å². The van der Waals surface area contributed by atoms with Crippen molar-refractivity contribution in [3.8, 4) is 56.2 Å². The summed E-state index contributed by atoms with van der Waals surface area (Å²) in [5.41, 5.74) is 17.2. The average molecular weight is 771 g/mol. The molecule has 0 unspecified atom stereocenters. The van der Waals surface area contributed by atoms with Gasteiger partial charge in [0.1, 0.15) is 0 Å². The lowest BCUT2D eigenvalue weighted by molar-refractivity contribution is 0.660. The van der Waals surface area contributed by atoms with Crippen LogP contribution in [0.5, 0.6) is 0 Å². The van der Waals surface area contributed by atoms with Gasteiger partial charge in [-0.2, -0.15) is 0 Å². The molecule has 0 spiro atoms. The van der Waals surface area contributed by atoms with Gasteiger partial charge in [0.2, 0.25) is 0 Å². The lowest BCUT2D eigenvalue weighted by Gasteiger charge is -2.34. The molecular formula is C56H38N2S. The molecule has 278 valence electrons. The normalized spacial score (nSPS) is 14.2. The molecule has 0 bridgehead atoms. The fraction of sp³-hybridized carbons (Fsp3) is 0.0714. The first-order chi connectivity index (χ1) is 29.0. The van der Waals surface area contributed by atoms with Crippen LogP contribution in [0.3, 0.4) is 0 Å². The van der Waals surface area contributed by atoms with Gasteiger partial charge in [0.15, 0.2) is 5.82 Å². The van der Waals surface area contributed by atoms with Crippen LogP contribution in [0.25, 0.3) is 76.3 Å². The summed E-state index contributed by atoms with van der Waals surface area (Å²) in [6.07, 6.45) is 0. The van der Waals surface area contributed by atoms with Gasteiger partial charge in [-0.15, -0.1) is 11.3 Å². The molecule has 2 heterocycles. The van der Waals surface area contributed by atoms with E-state index in [0.717, 1.165) is 33.9 Å². The lowest BCUT2D eigenvalue weighted by Crippen LogP contribution is -2.28. The Morgan fingerprint density at radius 2 is 0.932 bits per heavy atom. The van der Waals surface area contributed by atoms with Gasteiger partial charge in [-0.05, 0) is 86.0 Å². The van der Waals surface area contributed by atoms with Crippen molar-refractivity contribution in [2.45, 2.75) is 24.7 Å². The van der Waals surface area contributed by atoms with Crippen molar-refractivity contribution in [1.29, 1.82) is 0 Å². The first-order valence-corrected chi connectivity index (χ1v) is 21.2. The Balaban J connectivity index is 1.12. The topological polar surface area (TPSA) is 25.8 Å². The Kier molecular flexibility index (Phi) is 7.39. The standard InChI is InChI=1S/C56H38N2S/c1-55(2)45-24-12-9-20-39(45)41-31-29-36(33-47(41)55)54-57-49(34-50(58-54)43-23-15-27-52-53(43)44-22-11-14-26-51(44)59-52)35-28-30-42-40-21-10-13-25-46(40)56(48(42)32-35,37-16-5-3-6-17-37)38-18-7-4-8-19-38/h3-34H,1-2H3. The maximum absolute atomic E-state index is 5.51. The van der Waals surface area contributed by atoms with Crippen LogP contribution < -0.4 is 0 Å². The summed E-state index contributed by atoms with van der Waals surface area (Å²) >= 11 is 1.84. The zero-order valence-electron chi connectivity index (χ0n) is 32.8. The average Bonchev–Trinajstić information content (AvgIpc) is 3.90. The van der Waals surface area contributed by atoms with Gasteiger partial charge >= 0.3 is 0 Å². The molecule has 2 aliphatic rings. The number of hydrogen-bond acceptors (Lipinski definition) is 3. The van der Waals surface area contributed by atoms with E-state index in [2.05, 4.69) is 208 Å². The minimum atomic E-state index is -0.509. The number of benzene rings is 8. The molecule has 0 radical (unpaired) electrons. The zero-order chi connectivity index (χ0) is 39.3. The number of fused-ring (bicyclic) bond motifs is 9. The number of nitrogens with zero attached hydrogens (tertiary/aromatic N) is 2. The van der Waals surface area contributed by atoms with E-state index in [0.29, 0.717) is 0 Å². The van der Waals surface area contributed by atoms with Crippen LogP contribution in [-0.4, -0.2) is 9.97 Å². The van der Waals surface area contributed by atoms with Crippen molar-refractivity contribution in [3.63, 3.8) is 0 Å². The third kappa shape index (κ3) is 4.92. The maximum Gasteiger partial charge on any atom is 0.160 e. The first-order valence-electron chi connectivity index (χ1n) is 20.4. The van der Waals surface area contributed by atoms with Crippen molar-refractivity contribution in [2.24, 2.45) is 0 Å². The highest BCUT2D eigenvalue weighted by atomic mass is 32.1. The Morgan fingerprint density at radius 1 is 0.390 bits per heavy atom. The smallest absolute Gasteiger partial charge is 0.160 e. The number of rotatable bonds is 5. The quantitative estimate of drug-likeness (QED) is 0.174. The van der Waals surface area contributed by atoms with Crippen LogP contribution in [-0.2, 0) is 10.8 Å². The number of thiophene rings is 1. The van der Waals surface area contributed by atoms with Crippen molar-refractivity contribution >= 4 is 31.5 Å². The summed E-state index contributed by atoms with van der Waals surface area (Å²) in [7, 11) is 0. The van der Waals surface area contributed by atoms with E-state index in [1.165, 1.54) is 75.8 Å². The Bertz CT molecular complexity index is 3260. The lowest BCUT2D eigenvalue weighted by atomic mass is 9.67. The second-order valence-electron chi connectivity index (χ2n) is 16.5. The second-order valence-corrected chi connectivity index (χ2v) is 17.5. The molecule has 0 saturated heterocycles. The maximum atomic E-state index is 5.51. The third-order valence-corrected chi connectivity index (χ3v) is 14.1. The summed E-state index contributed by atoms with van der Waals surface area (Å²) in [5.74, 6) is 0.727. The molecule has 0 saturated carbocycles. The summed E-state index contributed by atoms with van der Waals surface area (Å²) in [5, 5.41) is 2.50. The molecule has 0 aliphatic heterocycles. The van der Waals surface area contributed by atoms with Gasteiger partial charge < -0.3 is 0 Å². The van der Waals surface area contributed by atoms with E-state index in [9.17, 15) is 0 Å². The molecule has 0 N–H and O–H groups in total. The molecule has 0 amide bonds. The summed E-state index contributed by atoms with van der Waals surface area (Å²) < 4.78 is 2.54. The molecular weight excluding hydrogens is 733 g/mol. The summed E-state index contributed by atoms with van der Waals surface area (Å²) in [6.45, 7) is 4.67. The van der Waals surface area contributed by atoms with E-state index in [1.54, 1.807) is 0 Å². The first kappa shape index (κ1) is 34.1. The number of aromatic nitrogens is 2.